The summed E-state index contributed by atoms with van der Waals surface area (Å²) in [5.41, 5.74) is 2.03. The molecule has 94 valence electrons. The quantitative estimate of drug-likeness (QED) is 0.727. The number of aromatic nitrogens is 3. The number of pyridine rings is 1. The molecular formula is C14H11N3O2. The molecule has 2 aromatic heterocycles. The smallest absolute Gasteiger partial charge is 0.338 e. The van der Waals surface area contributed by atoms with E-state index in [1.54, 1.807) is 24.5 Å². The zero-order chi connectivity index (χ0) is 13.1. The van der Waals surface area contributed by atoms with Gasteiger partial charge in [-0.3, -0.25) is 10.1 Å². The predicted molar refractivity (Wildman–Crippen MR) is 69.5 cm³/mol. The molecule has 0 radical (unpaired) electrons. The van der Waals surface area contributed by atoms with Gasteiger partial charge in [0.05, 0.1) is 23.0 Å². The van der Waals surface area contributed by atoms with Crippen LogP contribution in [0.4, 0.5) is 0 Å². The van der Waals surface area contributed by atoms with E-state index in [1.807, 2.05) is 24.3 Å². The summed E-state index contributed by atoms with van der Waals surface area (Å²) >= 11 is 0. The van der Waals surface area contributed by atoms with Crippen LogP contribution in [-0.4, -0.2) is 21.2 Å². The lowest BCUT2D eigenvalue weighted by Crippen LogP contribution is -2.05. The maximum atomic E-state index is 11.9. The molecule has 0 aliphatic carbocycles. The Hall–Kier alpha value is -2.69. The summed E-state index contributed by atoms with van der Waals surface area (Å²) in [6.45, 7) is 0.167. The Morgan fingerprint density at radius 3 is 3.05 bits per heavy atom. The Morgan fingerprint density at radius 2 is 2.21 bits per heavy atom. The second-order valence-corrected chi connectivity index (χ2v) is 4.07. The summed E-state index contributed by atoms with van der Waals surface area (Å²) in [4.78, 5) is 16.0. The van der Waals surface area contributed by atoms with Gasteiger partial charge in [-0.25, -0.2) is 4.79 Å². The van der Waals surface area contributed by atoms with Crippen molar-refractivity contribution in [1.82, 2.24) is 15.2 Å². The van der Waals surface area contributed by atoms with Crippen LogP contribution in [0.15, 0.2) is 48.8 Å². The van der Waals surface area contributed by atoms with Crippen LogP contribution >= 0.6 is 0 Å². The van der Waals surface area contributed by atoms with Gasteiger partial charge in [0.15, 0.2) is 0 Å². The molecule has 0 spiro atoms. The standard InChI is InChI=1S/C14H11N3O2/c18-14(19-9-12-3-1-2-6-15-12)10-4-5-11-8-16-17-13(11)7-10/h1-8H,9H2,(H,16,17). The first-order chi connectivity index (χ1) is 9.33. The lowest BCUT2D eigenvalue weighted by molar-refractivity contribution is 0.0468. The van der Waals surface area contributed by atoms with Crippen molar-refractivity contribution < 1.29 is 9.53 Å². The van der Waals surface area contributed by atoms with E-state index in [4.69, 9.17) is 4.74 Å². The maximum Gasteiger partial charge on any atom is 0.338 e. The molecule has 0 fully saturated rings. The average molecular weight is 253 g/mol. The molecule has 0 saturated carbocycles. The van der Waals surface area contributed by atoms with E-state index in [9.17, 15) is 4.79 Å². The van der Waals surface area contributed by atoms with Crippen molar-refractivity contribution in [3.8, 4) is 0 Å². The number of aromatic amines is 1. The highest BCUT2D eigenvalue weighted by Crippen LogP contribution is 2.14. The third-order valence-corrected chi connectivity index (χ3v) is 2.75. The number of hydrogen-bond donors (Lipinski definition) is 1. The third-order valence-electron chi connectivity index (χ3n) is 2.75. The van der Waals surface area contributed by atoms with E-state index in [1.165, 1.54) is 0 Å². The average Bonchev–Trinajstić information content (AvgIpc) is 2.93. The highest BCUT2D eigenvalue weighted by Gasteiger charge is 2.09. The van der Waals surface area contributed by atoms with Gasteiger partial charge < -0.3 is 4.74 Å². The lowest BCUT2D eigenvalue weighted by atomic mass is 10.2. The number of carbonyl (C=O) groups is 1. The van der Waals surface area contributed by atoms with Crippen LogP contribution in [0.25, 0.3) is 10.9 Å². The topological polar surface area (TPSA) is 67.9 Å². The van der Waals surface area contributed by atoms with Crippen molar-refractivity contribution in [2.75, 3.05) is 0 Å². The molecule has 2 heterocycles. The monoisotopic (exact) mass is 253 g/mol. The summed E-state index contributed by atoms with van der Waals surface area (Å²) in [6.07, 6.45) is 3.37. The Balaban J connectivity index is 1.73. The number of carbonyl (C=O) groups excluding carboxylic acids is 1. The van der Waals surface area contributed by atoms with Gasteiger partial charge in [0, 0.05) is 11.6 Å². The molecule has 1 aromatic carbocycles. The number of nitrogens with zero attached hydrogens (tertiary/aromatic N) is 2. The largest absolute Gasteiger partial charge is 0.456 e. The minimum Gasteiger partial charge on any atom is -0.456 e. The van der Waals surface area contributed by atoms with Crippen LogP contribution < -0.4 is 0 Å². The fraction of sp³-hybridized carbons (Fsp3) is 0.0714. The van der Waals surface area contributed by atoms with Crippen molar-refractivity contribution in [3.05, 3.63) is 60.0 Å². The number of rotatable bonds is 3. The molecule has 1 N–H and O–H groups in total. The minimum absolute atomic E-state index is 0.167. The third kappa shape index (κ3) is 2.44. The molecule has 3 aromatic rings. The molecule has 0 bridgehead atoms. The molecule has 0 saturated heterocycles. The fourth-order valence-corrected chi connectivity index (χ4v) is 1.77. The second kappa shape index (κ2) is 4.89. The van der Waals surface area contributed by atoms with Crippen molar-refractivity contribution >= 4 is 16.9 Å². The van der Waals surface area contributed by atoms with Crippen LogP contribution in [0.5, 0.6) is 0 Å². The Morgan fingerprint density at radius 1 is 1.26 bits per heavy atom. The van der Waals surface area contributed by atoms with Gasteiger partial charge in [-0.2, -0.15) is 5.10 Å². The zero-order valence-electron chi connectivity index (χ0n) is 10.0. The molecule has 0 unspecified atom stereocenters. The molecule has 3 rings (SSSR count). The highest BCUT2D eigenvalue weighted by atomic mass is 16.5. The van der Waals surface area contributed by atoms with E-state index in [-0.39, 0.29) is 12.6 Å². The fourth-order valence-electron chi connectivity index (χ4n) is 1.77. The molecular weight excluding hydrogens is 242 g/mol. The Labute approximate surface area is 109 Å². The molecule has 19 heavy (non-hydrogen) atoms. The van der Waals surface area contributed by atoms with Crippen molar-refractivity contribution in [2.24, 2.45) is 0 Å². The van der Waals surface area contributed by atoms with Gasteiger partial charge in [-0.05, 0) is 24.3 Å². The van der Waals surface area contributed by atoms with E-state index in [0.717, 1.165) is 16.6 Å². The number of fused-ring (bicyclic) bond motifs is 1. The van der Waals surface area contributed by atoms with Gasteiger partial charge >= 0.3 is 5.97 Å². The molecule has 5 nitrogen and oxygen atoms in total. The van der Waals surface area contributed by atoms with E-state index >= 15 is 0 Å². The van der Waals surface area contributed by atoms with Crippen molar-refractivity contribution in [1.29, 1.82) is 0 Å². The first kappa shape index (κ1) is 11.4. The number of ether oxygens (including phenoxy) is 1. The first-order valence-corrected chi connectivity index (χ1v) is 5.83. The molecule has 0 aliphatic rings. The van der Waals surface area contributed by atoms with Gasteiger partial charge in [0.1, 0.15) is 6.61 Å². The van der Waals surface area contributed by atoms with Gasteiger partial charge in [-0.15, -0.1) is 0 Å². The molecule has 5 heteroatoms. The lowest BCUT2D eigenvalue weighted by Gasteiger charge is -2.04. The van der Waals surface area contributed by atoms with Gasteiger partial charge in [0.25, 0.3) is 0 Å². The predicted octanol–water partition coefficient (Wildman–Crippen LogP) is 2.31. The Kier molecular flexibility index (Phi) is 2.94. The Bertz CT molecular complexity index is 707. The van der Waals surface area contributed by atoms with Crippen molar-refractivity contribution in [3.63, 3.8) is 0 Å². The van der Waals surface area contributed by atoms with Crippen molar-refractivity contribution in [2.45, 2.75) is 6.61 Å². The summed E-state index contributed by atoms with van der Waals surface area (Å²) in [6, 6.07) is 10.8. The number of nitrogens with one attached hydrogen (secondary N) is 1. The summed E-state index contributed by atoms with van der Waals surface area (Å²) < 4.78 is 5.20. The molecule has 0 aliphatic heterocycles. The van der Waals surface area contributed by atoms with Crippen LogP contribution in [0, 0.1) is 0 Å². The highest BCUT2D eigenvalue weighted by molar-refractivity contribution is 5.94. The minimum atomic E-state index is -0.373. The van der Waals surface area contributed by atoms with Gasteiger partial charge in [0.2, 0.25) is 0 Å². The van der Waals surface area contributed by atoms with E-state index in [0.29, 0.717) is 5.56 Å². The van der Waals surface area contributed by atoms with Crippen LogP contribution in [-0.2, 0) is 11.3 Å². The zero-order valence-corrected chi connectivity index (χ0v) is 10.0. The second-order valence-electron chi connectivity index (χ2n) is 4.07. The van der Waals surface area contributed by atoms with Crippen LogP contribution in [0.3, 0.4) is 0 Å². The SMILES string of the molecule is O=C(OCc1ccccn1)c1ccc2cn[nH]c2c1. The van der Waals surface area contributed by atoms with E-state index < -0.39 is 0 Å². The summed E-state index contributed by atoms with van der Waals surface area (Å²) in [7, 11) is 0. The van der Waals surface area contributed by atoms with E-state index in [2.05, 4.69) is 15.2 Å². The first-order valence-electron chi connectivity index (χ1n) is 5.83. The van der Waals surface area contributed by atoms with Crippen LogP contribution in [0.2, 0.25) is 0 Å². The van der Waals surface area contributed by atoms with Crippen LogP contribution in [0.1, 0.15) is 16.1 Å². The number of benzene rings is 1. The number of H-pyrrole nitrogens is 1. The maximum absolute atomic E-state index is 11.9. The van der Waals surface area contributed by atoms with Gasteiger partial charge in [-0.1, -0.05) is 12.1 Å². The summed E-state index contributed by atoms with van der Waals surface area (Å²) in [5, 5.41) is 7.69. The molecule has 0 amide bonds. The number of hydrogen-bond acceptors (Lipinski definition) is 4. The summed E-state index contributed by atoms with van der Waals surface area (Å²) in [5.74, 6) is -0.373. The normalized spacial score (nSPS) is 10.5. The number of esters is 1. The molecule has 0 atom stereocenters.